The molecule has 0 spiro atoms. The van der Waals surface area contributed by atoms with E-state index in [0.29, 0.717) is 0 Å². The lowest BCUT2D eigenvalue weighted by Gasteiger charge is -2.30. The SMILES string of the molecule is CC1(C)c2cc(N(c3ccc(-c4cccc5c4CCCC5)cc3)c3cc4ccccc4cc3-c3ccc(-c4ccccc4)cc3)ccc2-c2c(-c3ccccc3)cccc21. The quantitative estimate of drug-likeness (QED) is 0.156. The van der Waals surface area contributed by atoms with Gasteiger partial charge >= 0.3 is 0 Å². The molecule has 0 aliphatic heterocycles. The monoisotopic (exact) mass is 769 g/mol. The van der Waals surface area contributed by atoms with Gasteiger partial charge in [-0.1, -0.05) is 178 Å². The molecule has 1 heteroatoms. The van der Waals surface area contributed by atoms with Gasteiger partial charge in [0.2, 0.25) is 0 Å². The molecule has 2 aliphatic rings. The van der Waals surface area contributed by atoms with Crippen molar-refractivity contribution in [1.29, 1.82) is 0 Å². The summed E-state index contributed by atoms with van der Waals surface area (Å²) < 4.78 is 0. The minimum absolute atomic E-state index is 0.188. The highest BCUT2D eigenvalue weighted by Gasteiger charge is 2.37. The minimum atomic E-state index is -0.188. The smallest absolute Gasteiger partial charge is 0.0546 e. The Kier molecular flexibility index (Phi) is 8.85. The first kappa shape index (κ1) is 36.1. The molecule has 0 N–H and O–H groups in total. The molecule has 1 nitrogen and oxygen atoms in total. The number of nitrogens with zero attached hydrogens (tertiary/aromatic N) is 1. The zero-order valence-corrected chi connectivity index (χ0v) is 34.3. The Morgan fingerprint density at radius 1 is 0.383 bits per heavy atom. The van der Waals surface area contributed by atoms with Crippen LogP contribution in [0.4, 0.5) is 17.1 Å². The first-order chi connectivity index (χ1) is 29.5. The normalized spacial score (nSPS) is 13.7. The molecule has 0 fully saturated rings. The third-order valence-corrected chi connectivity index (χ3v) is 13.3. The molecule has 0 bridgehead atoms. The molecule has 0 radical (unpaired) electrons. The molecule has 0 saturated carbocycles. The van der Waals surface area contributed by atoms with Gasteiger partial charge in [0.05, 0.1) is 5.69 Å². The van der Waals surface area contributed by atoms with Crippen molar-refractivity contribution in [3.8, 4) is 55.6 Å². The van der Waals surface area contributed by atoms with Crippen LogP contribution in [-0.2, 0) is 18.3 Å². The number of anilines is 3. The second-order valence-corrected chi connectivity index (χ2v) is 17.1. The van der Waals surface area contributed by atoms with Gasteiger partial charge < -0.3 is 4.90 Å². The zero-order chi connectivity index (χ0) is 40.2. The molecule has 9 aromatic rings. The Morgan fingerprint density at radius 3 is 1.72 bits per heavy atom. The average Bonchev–Trinajstić information content (AvgIpc) is 3.55. The van der Waals surface area contributed by atoms with Crippen LogP contribution in [0.3, 0.4) is 0 Å². The Bertz CT molecular complexity index is 3030. The number of aryl methyl sites for hydroxylation is 1. The summed E-state index contributed by atoms with van der Waals surface area (Å²) in [5.41, 5.74) is 21.7. The summed E-state index contributed by atoms with van der Waals surface area (Å²) in [5.74, 6) is 0. The van der Waals surface area contributed by atoms with E-state index in [2.05, 4.69) is 219 Å². The van der Waals surface area contributed by atoms with Gasteiger partial charge in [-0.3, -0.25) is 0 Å². The van der Waals surface area contributed by atoms with E-state index in [0.717, 1.165) is 23.5 Å². The van der Waals surface area contributed by atoms with Crippen LogP contribution in [0.25, 0.3) is 66.4 Å². The Hall–Kier alpha value is -6.96. The molecular formula is C59H47N. The standard InChI is InChI=1S/C59H47N/c1-59(2)55-26-14-25-52(43-17-7-4-8-18-43)58(55)53-36-35-49(39-56(53)59)60(48-33-31-44(32-34-48)51-24-13-22-42-19-11-12-23-50(42)51)57-38-47-21-10-9-20-46(47)37-54(57)45-29-27-41(28-30-45)40-15-5-3-6-16-40/h3-10,13-18,20-22,24-39H,11-12,19,23H2,1-2H3. The van der Waals surface area contributed by atoms with Crippen molar-refractivity contribution >= 4 is 27.8 Å². The third-order valence-electron chi connectivity index (χ3n) is 13.3. The fourth-order valence-electron chi connectivity index (χ4n) is 10.2. The third kappa shape index (κ3) is 6.16. The van der Waals surface area contributed by atoms with Crippen molar-refractivity contribution in [3.05, 3.63) is 222 Å². The maximum Gasteiger partial charge on any atom is 0.0546 e. The summed E-state index contributed by atoms with van der Waals surface area (Å²) in [7, 11) is 0. The molecule has 2 aliphatic carbocycles. The summed E-state index contributed by atoms with van der Waals surface area (Å²) >= 11 is 0. The van der Waals surface area contributed by atoms with E-state index in [1.165, 1.54) is 108 Å². The summed E-state index contributed by atoms with van der Waals surface area (Å²) in [6, 6.07) is 74.6. The van der Waals surface area contributed by atoms with Gasteiger partial charge in [0.25, 0.3) is 0 Å². The average molecular weight is 770 g/mol. The summed E-state index contributed by atoms with van der Waals surface area (Å²) in [4.78, 5) is 2.51. The van der Waals surface area contributed by atoms with Crippen LogP contribution >= 0.6 is 0 Å². The van der Waals surface area contributed by atoms with Crippen molar-refractivity contribution in [2.75, 3.05) is 4.90 Å². The second kappa shape index (κ2) is 14.7. The molecule has 0 amide bonds. The van der Waals surface area contributed by atoms with Gasteiger partial charge in [0.1, 0.15) is 0 Å². The van der Waals surface area contributed by atoms with E-state index in [9.17, 15) is 0 Å². The van der Waals surface area contributed by atoms with Crippen LogP contribution in [0.15, 0.2) is 200 Å². The molecule has 288 valence electrons. The lowest BCUT2D eigenvalue weighted by molar-refractivity contribution is 0.660. The Morgan fingerprint density at radius 2 is 0.950 bits per heavy atom. The number of rotatable bonds is 7. The lowest BCUT2D eigenvalue weighted by atomic mass is 9.81. The predicted octanol–water partition coefficient (Wildman–Crippen LogP) is 16.2. The van der Waals surface area contributed by atoms with Crippen LogP contribution in [0.5, 0.6) is 0 Å². The van der Waals surface area contributed by atoms with Gasteiger partial charge in [-0.2, -0.15) is 0 Å². The van der Waals surface area contributed by atoms with Crippen LogP contribution in [0, 0.1) is 0 Å². The van der Waals surface area contributed by atoms with E-state index in [1.807, 2.05) is 0 Å². The number of hydrogen-bond acceptors (Lipinski definition) is 1. The molecule has 9 aromatic carbocycles. The van der Waals surface area contributed by atoms with Gasteiger partial charge in [-0.05, 0) is 145 Å². The first-order valence-corrected chi connectivity index (χ1v) is 21.6. The van der Waals surface area contributed by atoms with Crippen LogP contribution in [-0.4, -0.2) is 0 Å². The molecular weight excluding hydrogens is 723 g/mol. The van der Waals surface area contributed by atoms with Gasteiger partial charge in [0, 0.05) is 22.4 Å². The fourth-order valence-corrected chi connectivity index (χ4v) is 10.2. The topological polar surface area (TPSA) is 3.24 Å². The number of hydrogen-bond donors (Lipinski definition) is 0. The van der Waals surface area contributed by atoms with Crippen LogP contribution in [0.2, 0.25) is 0 Å². The maximum absolute atomic E-state index is 2.51. The second-order valence-electron chi connectivity index (χ2n) is 17.1. The number of fused-ring (bicyclic) bond motifs is 5. The van der Waals surface area contributed by atoms with E-state index in [4.69, 9.17) is 0 Å². The molecule has 0 atom stereocenters. The maximum atomic E-state index is 2.51. The molecule has 11 rings (SSSR count). The van der Waals surface area contributed by atoms with E-state index >= 15 is 0 Å². The minimum Gasteiger partial charge on any atom is -0.310 e. The highest BCUT2D eigenvalue weighted by molar-refractivity contribution is 6.00. The molecule has 0 aromatic heterocycles. The predicted molar refractivity (Wildman–Crippen MR) is 255 cm³/mol. The highest BCUT2D eigenvalue weighted by atomic mass is 15.1. The van der Waals surface area contributed by atoms with Gasteiger partial charge in [-0.15, -0.1) is 0 Å². The van der Waals surface area contributed by atoms with Gasteiger partial charge in [0.15, 0.2) is 0 Å². The van der Waals surface area contributed by atoms with E-state index in [1.54, 1.807) is 0 Å². The zero-order valence-electron chi connectivity index (χ0n) is 34.3. The molecule has 0 heterocycles. The lowest BCUT2D eigenvalue weighted by Crippen LogP contribution is -2.17. The number of benzene rings is 9. The Balaban J connectivity index is 1.11. The van der Waals surface area contributed by atoms with Gasteiger partial charge in [-0.25, -0.2) is 0 Å². The first-order valence-electron chi connectivity index (χ1n) is 21.6. The van der Waals surface area contributed by atoms with Crippen molar-refractivity contribution < 1.29 is 0 Å². The fraction of sp³-hybridized carbons (Fsp3) is 0.119. The highest BCUT2D eigenvalue weighted by Crippen LogP contribution is 2.54. The van der Waals surface area contributed by atoms with Crippen molar-refractivity contribution in [1.82, 2.24) is 0 Å². The van der Waals surface area contributed by atoms with Crippen molar-refractivity contribution in [2.45, 2.75) is 44.9 Å². The molecule has 0 saturated heterocycles. The van der Waals surface area contributed by atoms with E-state index in [-0.39, 0.29) is 5.41 Å². The van der Waals surface area contributed by atoms with Crippen molar-refractivity contribution in [2.24, 2.45) is 0 Å². The van der Waals surface area contributed by atoms with Crippen LogP contribution < -0.4 is 4.90 Å². The summed E-state index contributed by atoms with van der Waals surface area (Å²) in [6.45, 7) is 4.79. The molecule has 0 unspecified atom stereocenters. The van der Waals surface area contributed by atoms with Crippen LogP contribution in [0.1, 0.15) is 48.9 Å². The summed E-state index contributed by atoms with van der Waals surface area (Å²) in [6.07, 6.45) is 4.88. The largest absolute Gasteiger partial charge is 0.310 e. The Labute approximate surface area is 354 Å². The molecule has 60 heavy (non-hydrogen) atoms. The van der Waals surface area contributed by atoms with Crippen molar-refractivity contribution in [3.63, 3.8) is 0 Å². The summed E-state index contributed by atoms with van der Waals surface area (Å²) in [5, 5.41) is 2.45. The van der Waals surface area contributed by atoms with E-state index < -0.39 is 0 Å².